The minimum Gasteiger partial charge on any atom is -0.480 e. The van der Waals surface area contributed by atoms with E-state index in [1.54, 1.807) is 30.3 Å². The number of carbonyl (C=O) groups is 2. The molecule has 1 aromatic carbocycles. The van der Waals surface area contributed by atoms with Gasteiger partial charge in [0.25, 0.3) is 0 Å². The molecule has 0 fully saturated rings. The summed E-state index contributed by atoms with van der Waals surface area (Å²) >= 11 is 5.91. The third-order valence-electron chi connectivity index (χ3n) is 2.26. The normalized spacial score (nSPS) is 10.2. The summed E-state index contributed by atoms with van der Waals surface area (Å²) in [5, 5.41) is 11.8. The molecule has 2 N–H and O–H groups in total. The van der Waals surface area contributed by atoms with Crippen LogP contribution >= 0.6 is 11.6 Å². The number of aliphatic carboxylic acids is 1. The van der Waals surface area contributed by atoms with Crippen LogP contribution in [0.5, 0.6) is 0 Å². The Balaban J connectivity index is 2.60. The molecule has 0 saturated heterocycles. The molecule has 5 nitrogen and oxygen atoms in total. The molecule has 0 atom stereocenters. The van der Waals surface area contributed by atoms with Gasteiger partial charge in [0.2, 0.25) is 5.91 Å². The zero-order valence-electron chi connectivity index (χ0n) is 10.3. The van der Waals surface area contributed by atoms with Crippen molar-refractivity contribution < 1.29 is 14.7 Å². The second-order valence-electron chi connectivity index (χ2n) is 3.88. The van der Waals surface area contributed by atoms with E-state index in [1.165, 1.54) is 4.90 Å². The Hall–Kier alpha value is -1.85. The number of anilines is 1. The molecule has 0 heterocycles. The maximum absolute atomic E-state index is 11.8. The van der Waals surface area contributed by atoms with Crippen molar-refractivity contribution in [1.29, 1.82) is 0 Å². The fourth-order valence-corrected chi connectivity index (χ4v) is 1.70. The van der Waals surface area contributed by atoms with Crippen molar-refractivity contribution in [2.24, 2.45) is 0 Å². The summed E-state index contributed by atoms with van der Waals surface area (Å²) < 4.78 is 0. The number of amides is 1. The number of nitrogens with one attached hydrogen (secondary N) is 1. The smallest absolute Gasteiger partial charge is 0.317 e. The number of hydrogen-bond acceptors (Lipinski definition) is 3. The Bertz CT molecular complexity index is 477. The van der Waals surface area contributed by atoms with E-state index in [9.17, 15) is 9.59 Å². The lowest BCUT2D eigenvalue weighted by molar-refractivity contribution is -0.138. The molecule has 0 aliphatic heterocycles. The van der Waals surface area contributed by atoms with Gasteiger partial charge in [0, 0.05) is 6.54 Å². The first kappa shape index (κ1) is 15.2. The zero-order valence-corrected chi connectivity index (χ0v) is 11.1. The van der Waals surface area contributed by atoms with Gasteiger partial charge in [0.05, 0.1) is 23.8 Å². The van der Waals surface area contributed by atoms with E-state index in [0.717, 1.165) is 0 Å². The molecule has 0 aliphatic rings. The van der Waals surface area contributed by atoms with Gasteiger partial charge in [-0.3, -0.25) is 14.5 Å². The summed E-state index contributed by atoms with van der Waals surface area (Å²) in [5.74, 6) is -1.32. The Kier molecular flexibility index (Phi) is 6.05. The van der Waals surface area contributed by atoms with Crippen molar-refractivity contribution in [1.82, 2.24) is 4.90 Å². The Morgan fingerprint density at radius 1 is 1.37 bits per heavy atom. The standard InChI is InChI=1S/C13H15ClN2O3/c1-2-7-16(9-13(18)19)8-12(17)15-11-6-4-3-5-10(11)14/h2-6H,1,7-9H2,(H,15,17)(H,18,19). The highest BCUT2D eigenvalue weighted by Gasteiger charge is 2.13. The molecule has 1 amide bonds. The Morgan fingerprint density at radius 3 is 2.63 bits per heavy atom. The first-order chi connectivity index (χ1) is 9.02. The highest BCUT2D eigenvalue weighted by atomic mass is 35.5. The lowest BCUT2D eigenvalue weighted by Gasteiger charge is -2.17. The van der Waals surface area contributed by atoms with E-state index in [0.29, 0.717) is 17.3 Å². The molecule has 0 unspecified atom stereocenters. The summed E-state index contributed by atoms with van der Waals surface area (Å²) in [4.78, 5) is 23.9. The van der Waals surface area contributed by atoms with Crippen LogP contribution < -0.4 is 5.32 Å². The second kappa shape index (κ2) is 7.56. The van der Waals surface area contributed by atoms with Crippen molar-refractivity contribution >= 4 is 29.2 Å². The van der Waals surface area contributed by atoms with Gasteiger partial charge >= 0.3 is 5.97 Å². The van der Waals surface area contributed by atoms with Crippen LogP contribution in [0.2, 0.25) is 5.02 Å². The molecule has 19 heavy (non-hydrogen) atoms. The average Bonchev–Trinajstić information content (AvgIpc) is 2.31. The van der Waals surface area contributed by atoms with Crippen molar-refractivity contribution in [3.63, 3.8) is 0 Å². The van der Waals surface area contributed by atoms with Crippen LogP contribution in [-0.2, 0) is 9.59 Å². The number of benzene rings is 1. The molecular formula is C13H15ClN2O3. The summed E-state index contributed by atoms with van der Waals surface area (Å²) in [5.41, 5.74) is 0.503. The number of nitrogens with zero attached hydrogens (tertiary/aromatic N) is 1. The Morgan fingerprint density at radius 2 is 2.05 bits per heavy atom. The quantitative estimate of drug-likeness (QED) is 0.749. The van der Waals surface area contributed by atoms with Gasteiger partial charge < -0.3 is 10.4 Å². The lowest BCUT2D eigenvalue weighted by Crippen LogP contribution is -2.37. The largest absolute Gasteiger partial charge is 0.480 e. The van der Waals surface area contributed by atoms with Crippen LogP contribution in [0.3, 0.4) is 0 Å². The van der Waals surface area contributed by atoms with E-state index >= 15 is 0 Å². The first-order valence-corrected chi connectivity index (χ1v) is 6.00. The summed E-state index contributed by atoms with van der Waals surface area (Å²) in [6.07, 6.45) is 1.55. The van der Waals surface area contributed by atoms with Gasteiger partial charge in [-0.2, -0.15) is 0 Å². The predicted octanol–water partition coefficient (Wildman–Crippen LogP) is 1.85. The zero-order chi connectivity index (χ0) is 14.3. The minimum absolute atomic E-state index is 0.0382. The number of carboxylic acids is 1. The van der Waals surface area contributed by atoms with Gasteiger partial charge in [-0.15, -0.1) is 6.58 Å². The summed E-state index contributed by atoms with van der Waals surface area (Å²) in [7, 11) is 0. The van der Waals surface area contributed by atoms with Crippen molar-refractivity contribution in [3.8, 4) is 0 Å². The van der Waals surface area contributed by atoms with Crippen LogP contribution in [0.1, 0.15) is 0 Å². The molecule has 0 saturated carbocycles. The van der Waals surface area contributed by atoms with Crippen molar-refractivity contribution in [3.05, 3.63) is 41.9 Å². The Labute approximate surface area is 116 Å². The second-order valence-corrected chi connectivity index (χ2v) is 4.29. The fourth-order valence-electron chi connectivity index (χ4n) is 1.51. The van der Waals surface area contributed by atoms with Crippen LogP contribution in [0.15, 0.2) is 36.9 Å². The van der Waals surface area contributed by atoms with E-state index in [2.05, 4.69) is 11.9 Å². The van der Waals surface area contributed by atoms with E-state index < -0.39 is 5.97 Å². The van der Waals surface area contributed by atoms with Gasteiger partial charge in [0.1, 0.15) is 0 Å². The highest BCUT2D eigenvalue weighted by molar-refractivity contribution is 6.33. The van der Waals surface area contributed by atoms with Gasteiger partial charge in [0.15, 0.2) is 0 Å². The molecular weight excluding hydrogens is 268 g/mol. The molecule has 0 radical (unpaired) electrons. The molecule has 0 bridgehead atoms. The SMILES string of the molecule is C=CCN(CC(=O)O)CC(=O)Nc1ccccc1Cl. The maximum atomic E-state index is 11.8. The highest BCUT2D eigenvalue weighted by Crippen LogP contribution is 2.20. The lowest BCUT2D eigenvalue weighted by atomic mass is 10.3. The summed E-state index contributed by atoms with van der Waals surface area (Å²) in [6.45, 7) is 3.59. The number of hydrogen-bond donors (Lipinski definition) is 2. The molecule has 0 spiro atoms. The number of carbonyl (C=O) groups excluding carboxylic acids is 1. The monoisotopic (exact) mass is 282 g/mol. The number of para-hydroxylation sites is 1. The van der Waals surface area contributed by atoms with Gasteiger partial charge in [-0.05, 0) is 12.1 Å². The molecule has 6 heteroatoms. The van der Waals surface area contributed by atoms with Crippen LogP contribution in [-0.4, -0.2) is 41.5 Å². The van der Waals surface area contributed by atoms with Crippen LogP contribution in [0, 0.1) is 0 Å². The molecule has 1 aromatic rings. The van der Waals surface area contributed by atoms with E-state index in [4.69, 9.17) is 16.7 Å². The van der Waals surface area contributed by atoms with Gasteiger partial charge in [-0.1, -0.05) is 29.8 Å². The van der Waals surface area contributed by atoms with Crippen LogP contribution in [0.4, 0.5) is 5.69 Å². The fraction of sp³-hybridized carbons (Fsp3) is 0.231. The first-order valence-electron chi connectivity index (χ1n) is 5.62. The number of rotatable bonds is 7. The molecule has 0 aromatic heterocycles. The van der Waals surface area contributed by atoms with E-state index in [1.807, 2.05) is 0 Å². The molecule has 0 aliphatic carbocycles. The van der Waals surface area contributed by atoms with Gasteiger partial charge in [-0.25, -0.2) is 0 Å². The number of halogens is 1. The average molecular weight is 283 g/mol. The molecule has 102 valence electrons. The van der Waals surface area contributed by atoms with Crippen LogP contribution in [0.25, 0.3) is 0 Å². The third-order valence-corrected chi connectivity index (χ3v) is 2.59. The van der Waals surface area contributed by atoms with Crippen molar-refractivity contribution in [2.75, 3.05) is 25.0 Å². The van der Waals surface area contributed by atoms with Crippen molar-refractivity contribution in [2.45, 2.75) is 0 Å². The summed E-state index contributed by atoms with van der Waals surface area (Å²) in [6, 6.07) is 6.85. The third kappa shape index (κ3) is 5.54. The van der Waals surface area contributed by atoms with E-state index in [-0.39, 0.29) is 19.0 Å². The molecule has 1 rings (SSSR count). The predicted molar refractivity (Wildman–Crippen MR) is 74.4 cm³/mol. The number of carboxylic acid groups (broad SMARTS) is 1. The minimum atomic E-state index is -0.993. The topological polar surface area (TPSA) is 69.6 Å². The maximum Gasteiger partial charge on any atom is 0.317 e.